The molecule has 1 N–H and O–H groups in total. The lowest BCUT2D eigenvalue weighted by Crippen LogP contribution is -2.23. The Bertz CT molecular complexity index is 1120. The number of ether oxygens (including phenoxy) is 1. The standard InChI is InChI=1S/C20H19FN4O4S/c1-2-29-17(26)11-25-10-15(7-14-8-22-19(28)23-9-14)18(27)24-20(25)30-12-13-3-5-16(21)6-4-13/h3-6,8-10H,2,7,11-12H2,1H3,(H,22,23,28). The van der Waals surface area contributed by atoms with Crippen LogP contribution >= 0.6 is 11.8 Å². The van der Waals surface area contributed by atoms with Gasteiger partial charge in [0.1, 0.15) is 12.4 Å². The van der Waals surface area contributed by atoms with E-state index < -0.39 is 17.2 Å². The van der Waals surface area contributed by atoms with Crippen LogP contribution in [0.1, 0.15) is 23.6 Å². The number of nitrogens with one attached hydrogen (secondary N) is 1. The summed E-state index contributed by atoms with van der Waals surface area (Å²) in [4.78, 5) is 45.9. The number of halogens is 1. The molecule has 3 aromatic rings. The Balaban J connectivity index is 1.87. The van der Waals surface area contributed by atoms with Gasteiger partial charge in [-0.05, 0) is 30.2 Å². The first-order chi connectivity index (χ1) is 14.4. The second-order valence-electron chi connectivity index (χ2n) is 6.31. The van der Waals surface area contributed by atoms with Crippen molar-refractivity contribution in [2.45, 2.75) is 30.8 Å². The number of aromatic amines is 1. The smallest absolute Gasteiger partial charge is 0.344 e. The Morgan fingerprint density at radius 2 is 2.00 bits per heavy atom. The Kier molecular flexibility index (Phi) is 7.12. The molecular weight excluding hydrogens is 411 g/mol. The van der Waals surface area contributed by atoms with Gasteiger partial charge in [0.15, 0.2) is 5.16 Å². The Labute approximate surface area is 175 Å². The first kappa shape index (κ1) is 21.4. The summed E-state index contributed by atoms with van der Waals surface area (Å²) < 4.78 is 19.7. The Hall–Kier alpha value is -3.27. The zero-order valence-corrected chi connectivity index (χ0v) is 16.9. The van der Waals surface area contributed by atoms with Crippen LogP contribution in [0.25, 0.3) is 0 Å². The number of benzene rings is 1. The van der Waals surface area contributed by atoms with Crippen LogP contribution in [0.3, 0.4) is 0 Å². The van der Waals surface area contributed by atoms with Crippen LogP contribution in [-0.2, 0) is 28.2 Å². The van der Waals surface area contributed by atoms with Crippen molar-refractivity contribution in [1.82, 2.24) is 19.5 Å². The molecule has 1 aromatic carbocycles. The minimum Gasteiger partial charge on any atom is -0.465 e. The Morgan fingerprint density at radius 1 is 1.23 bits per heavy atom. The number of carbonyl (C=O) groups excluding carboxylic acids is 1. The molecular formula is C20H19FN4O4S. The van der Waals surface area contributed by atoms with E-state index in [1.807, 2.05) is 0 Å². The van der Waals surface area contributed by atoms with Gasteiger partial charge in [-0.25, -0.2) is 14.2 Å². The number of rotatable bonds is 8. The lowest BCUT2D eigenvalue weighted by atomic mass is 10.1. The summed E-state index contributed by atoms with van der Waals surface area (Å²) in [6.07, 6.45) is 4.61. The molecule has 30 heavy (non-hydrogen) atoms. The molecule has 3 rings (SSSR count). The van der Waals surface area contributed by atoms with Crippen molar-refractivity contribution in [2.24, 2.45) is 0 Å². The van der Waals surface area contributed by atoms with Crippen molar-refractivity contribution < 1.29 is 13.9 Å². The number of carbonyl (C=O) groups is 1. The van der Waals surface area contributed by atoms with Gasteiger partial charge in [0.05, 0.1) is 6.61 Å². The van der Waals surface area contributed by atoms with Crippen molar-refractivity contribution in [3.8, 4) is 0 Å². The van der Waals surface area contributed by atoms with Crippen molar-refractivity contribution >= 4 is 17.7 Å². The maximum absolute atomic E-state index is 13.1. The average molecular weight is 430 g/mol. The van der Waals surface area contributed by atoms with E-state index in [0.29, 0.717) is 22.0 Å². The van der Waals surface area contributed by atoms with Gasteiger partial charge in [-0.2, -0.15) is 4.98 Å². The molecule has 0 amide bonds. The first-order valence-electron chi connectivity index (χ1n) is 9.11. The summed E-state index contributed by atoms with van der Waals surface area (Å²) >= 11 is 1.26. The number of nitrogens with zero attached hydrogens (tertiary/aromatic N) is 3. The fourth-order valence-corrected chi connectivity index (χ4v) is 3.55. The van der Waals surface area contributed by atoms with Gasteiger partial charge in [-0.15, -0.1) is 0 Å². The van der Waals surface area contributed by atoms with Crippen LogP contribution in [0.2, 0.25) is 0 Å². The van der Waals surface area contributed by atoms with Crippen LogP contribution in [0, 0.1) is 5.82 Å². The van der Waals surface area contributed by atoms with E-state index in [4.69, 9.17) is 4.74 Å². The van der Waals surface area contributed by atoms with Gasteiger partial charge in [-0.3, -0.25) is 9.59 Å². The number of hydrogen-bond acceptors (Lipinski definition) is 7. The molecule has 8 nitrogen and oxygen atoms in total. The average Bonchev–Trinajstić information content (AvgIpc) is 2.72. The lowest BCUT2D eigenvalue weighted by molar-refractivity contribution is -0.144. The van der Waals surface area contributed by atoms with Crippen LogP contribution < -0.4 is 11.2 Å². The summed E-state index contributed by atoms with van der Waals surface area (Å²) in [6.45, 7) is 1.84. The van der Waals surface area contributed by atoms with Crippen LogP contribution in [0.4, 0.5) is 4.39 Å². The normalized spacial score (nSPS) is 10.7. The molecule has 0 aliphatic heterocycles. The molecule has 0 atom stereocenters. The van der Waals surface area contributed by atoms with Gasteiger partial charge in [0.2, 0.25) is 0 Å². The molecule has 0 radical (unpaired) electrons. The largest absolute Gasteiger partial charge is 0.465 e. The molecule has 0 fully saturated rings. The Morgan fingerprint density at radius 3 is 2.67 bits per heavy atom. The summed E-state index contributed by atoms with van der Waals surface area (Å²) in [5.41, 5.74) is 0.899. The minimum absolute atomic E-state index is 0.107. The van der Waals surface area contributed by atoms with Gasteiger partial charge in [-0.1, -0.05) is 23.9 Å². The second kappa shape index (κ2) is 9.97. The maximum atomic E-state index is 13.1. The third-order valence-electron chi connectivity index (χ3n) is 4.04. The molecule has 0 aliphatic rings. The highest BCUT2D eigenvalue weighted by molar-refractivity contribution is 7.98. The molecule has 0 spiro atoms. The van der Waals surface area contributed by atoms with Crippen LogP contribution in [0.5, 0.6) is 0 Å². The van der Waals surface area contributed by atoms with Gasteiger partial charge < -0.3 is 14.3 Å². The van der Waals surface area contributed by atoms with E-state index >= 15 is 0 Å². The third kappa shape index (κ3) is 5.86. The second-order valence-corrected chi connectivity index (χ2v) is 7.25. The third-order valence-corrected chi connectivity index (χ3v) is 5.10. The quantitative estimate of drug-likeness (QED) is 0.330. The van der Waals surface area contributed by atoms with Crippen molar-refractivity contribution in [3.05, 3.63) is 86.2 Å². The summed E-state index contributed by atoms with van der Waals surface area (Å²) in [5.74, 6) is -0.343. The number of H-pyrrole nitrogens is 1. The molecule has 156 valence electrons. The summed E-state index contributed by atoms with van der Waals surface area (Å²) in [5, 5.41) is 0.348. The van der Waals surface area contributed by atoms with Crippen LogP contribution in [-0.4, -0.2) is 32.1 Å². The zero-order valence-electron chi connectivity index (χ0n) is 16.1. The topological polar surface area (TPSA) is 107 Å². The van der Waals surface area contributed by atoms with E-state index in [-0.39, 0.29) is 25.4 Å². The van der Waals surface area contributed by atoms with Crippen LogP contribution in [0.15, 0.2) is 57.6 Å². The highest BCUT2D eigenvalue weighted by Crippen LogP contribution is 2.21. The van der Waals surface area contributed by atoms with Crippen molar-refractivity contribution in [2.75, 3.05) is 6.61 Å². The molecule has 2 aromatic heterocycles. The molecule has 0 saturated heterocycles. The van der Waals surface area contributed by atoms with E-state index in [0.717, 1.165) is 5.56 Å². The van der Waals surface area contributed by atoms with E-state index in [1.165, 1.54) is 36.3 Å². The molecule has 0 bridgehead atoms. The lowest BCUT2D eigenvalue weighted by Gasteiger charge is -2.13. The molecule has 0 saturated carbocycles. The SMILES string of the molecule is CCOC(=O)Cn1cc(Cc2cnc(=O)[nH]c2)c(=O)nc1SCc1ccc(F)cc1. The number of aromatic nitrogens is 4. The van der Waals surface area contributed by atoms with Gasteiger partial charge >= 0.3 is 11.7 Å². The van der Waals surface area contributed by atoms with E-state index in [9.17, 15) is 18.8 Å². The summed E-state index contributed by atoms with van der Waals surface area (Å²) in [6, 6.07) is 6.01. The van der Waals surface area contributed by atoms with Gasteiger partial charge in [0, 0.05) is 36.3 Å². The predicted octanol–water partition coefficient (Wildman–Crippen LogP) is 1.91. The fourth-order valence-electron chi connectivity index (χ4n) is 2.63. The minimum atomic E-state index is -0.482. The predicted molar refractivity (Wildman–Crippen MR) is 109 cm³/mol. The fraction of sp³-hybridized carbons (Fsp3) is 0.250. The molecule has 0 unspecified atom stereocenters. The summed E-state index contributed by atoms with van der Waals surface area (Å²) in [7, 11) is 0. The van der Waals surface area contributed by atoms with E-state index in [1.54, 1.807) is 29.8 Å². The highest BCUT2D eigenvalue weighted by atomic mass is 32.2. The first-order valence-corrected chi connectivity index (χ1v) is 10.1. The van der Waals surface area contributed by atoms with Gasteiger partial charge in [0.25, 0.3) is 5.56 Å². The number of hydrogen-bond donors (Lipinski definition) is 1. The zero-order chi connectivity index (χ0) is 21.5. The highest BCUT2D eigenvalue weighted by Gasteiger charge is 2.14. The maximum Gasteiger partial charge on any atom is 0.344 e. The number of thioether (sulfide) groups is 1. The monoisotopic (exact) mass is 430 g/mol. The van der Waals surface area contributed by atoms with Crippen molar-refractivity contribution in [3.63, 3.8) is 0 Å². The number of esters is 1. The molecule has 2 heterocycles. The van der Waals surface area contributed by atoms with E-state index in [2.05, 4.69) is 15.0 Å². The molecule has 0 aliphatic carbocycles. The molecule has 10 heteroatoms. The van der Waals surface area contributed by atoms with Crippen molar-refractivity contribution in [1.29, 1.82) is 0 Å².